The second kappa shape index (κ2) is 10.2. The largest absolute Gasteiger partial charge is 0.500 e. The Morgan fingerprint density at radius 2 is 1.60 bits per heavy atom. The molecule has 0 aliphatic carbocycles. The van der Waals surface area contributed by atoms with E-state index in [2.05, 4.69) is 10.6 Å². The molecule has 0 aromatic carbocycles. The molecule has 0 unspecified atom stereocenters. The summed E-state index contributed by atoms with van der Waals surface area (Å²) in [6, 6.07) is 0.415. The van der Waals surface area contributed by atoms with Crippen LogP contribution in [0.15, 0.2) is 0 Å². The number of hydrogen-bond donors (Lipinski definition) is 2. The smallest absolute Gasteiger partial charge is 0.374 e. The van der Waals surface area contributed by atoms with E-state index in [-0.39, 0.29) is 11.9 Å². The first-order valence-electron chi connectivity index (χ1n) is 9.08. The van der Waals surface area contributed by atoms with Crippen LogP contribution in [-0.2, 0) is 18.1 Å². The van der Waals surface area contributed by atoms with E-state index in [1.807, 2.05) is 20.8 Å². The highest BCUT2D eigenvalue weighted by molar-refractivity contribution is 6.60. The molecular formula is C16H33N3O5Si. The minimum Gasteiger partial charge on any atom is -0.374 e. The number of amides is 3. The van der Waals surface area contributed by atoms with Crippen molar-refractivity contribution < 1.29 is 22.9 Å². The van der Waals surface area contributed by atoms with Gasteiger partial charge in [-0.3, -0.25) is 9.69 Å². The molecule has 3 amide bonds. The quantitative estimate of drug-likeness (QED) is 0.287. The number of carbonyl (C=O) groups excluding carboxylic acids is 2. The molecule has 0 aromatic rings. The summed E-state index contributed by atoms with van der Waals surface area (Å²) in [5.41, 5.74) is -0.811. The summed E-state index contributed by atoms with van der Waals surface area (Å²) in [6.45, 7) is 12.6. The highest BCUT2D eigenvalue weighted by Gasteiger charge is 2.43. The van der Waals surface area contributed by atoms with Crippen LogP contribution in [0.5, 0.6) is 0 Å². The van der Waals surface area contributed by atoms with Gasteiger partial charge in [-0.25, -0.2) is 4.79 Å². The van der Waals surface area contributed by atoms with Crippen molar-refractivity contribution in [3.63, 3.8) is 0 Å². The van der Waals surface area contributed by atoms with Crippen molar-refractivity contribution in [2.24, 2.45) is 0 Å². The van der Waals surface area contributed by atoms with Crippen LogP contribution in [0.4, 0.5) is 4.79 Å². The Morgan fingerprint density at radius 3 is 2.04 bits per heavy atom. The van der Waals surface area contributed by atoms with E-state index in [9.17, 15) is 9.59 Å². The van der Waals surface area contributed by atoms with Gasteiger partial charge in [0.1, 0.15) is 5.54 Å². The van der Waals surface area contributed by atoms with Gasteiger partial charge in [0.2, 0.25) is 0 Å². The Balaban J connectivity index is 2.32. The minimum atomic E-state index is -2.59. The second-order valence-corrected chi connectivity index (χ2v) is 9.08. The molecule has 1 heterocycles. The predicted molar refractivity (Wildman–Crippen MR) is 97.2 cm³/mol. The van der Waals surface area contributed by atoms with Crippen molar-refractivity contribution in [2.45, 2.75) is 52.6 Å². The van der Waals surface area contributed by atoms with Crippen LogP contribution in [0.3, 0.4) is 0 Å². The molecule has 0 bridgehead atoms. The summed E-state index contributed by atoms with van der Waals surface area (Å²) < 4.78 is 17.4. The molecule has 0 atom stereocenters. The fourth-order valence-electron chi connectivity index (χ4n) is 2.77. The summed E-state index contributed by atoms with van der Waals surface area (Å²) in [7, 11) is -2.59. The lowest BCUT2D eigenvalue weighted by Gasteiger charge is -2.28. The Morgan fingerprint density at radius 1 is 1.04 bits per heavy atom. The van der Waals surface area contributed by atoms with Gasteiger partial charge in [-0.15, -0.1) is 0 Å². The van der Waals surface area contributed by atoms with Crippen LogP contribution < -0.4 is 10.6 Å². The molecule has 25 heavy (non-hydrogen) atoms. The third-order valence-corrected chi connectivity index (χ3v) is 7.04. The summed E-state index contributed by atoms with van der Waals surface area (Å²) in [6.07, 6.45) is 0.845. The van der Waals surface area contributed by atoms with Crippen LogP contribution in [0.1, 0.15) is 41.0 Å². The molecule has 1 rings (SSSR count). The lowest BCUT2D eigenvalue weighted by Crippen LogP contribution is -2.46. The first kappa shape index (κ1) is 22.0. The Bertz CT molecular complexity index is 430. The van der Waals surface area contributed by atoms with E-state index in [0.29, 0.717) is 32.9 Å². The number of nitrogens with zero attached hydrogens (tertiary/aromatic N) is 1. The van der Waals surface area contributed by atoms with Gasteiger partial charge < -0.3 is 23.9 Å². The maximum absolute atomic E-state index is 12.1. The molecule has 1 fully saturated rings. The van der Waals surface area contributed by atoms with E-state index in [1.54, 1.807) is 13.8 Å². The molecule has 8 nitrogen and oxygen atoms in total. The SMILES string of the molecule is CCO[Si](CCCNCCN1C(=O)NC(C)(C)C1=O)(OCC)OCC. The van der Waals surface area contributed by atoms with E-state index < -0.39 is 14.3 Å². The molecule has 1 saturated heterocycles. The summed E-state index contributed by atoms with van der Waals surface area (Å²) in [5, 5.41) is 5.93. The molecular weight excluding hydrogens is 342 g/mol. The number of carbonyl (C=O) groups is 2. The monoisotopic (exact) mass is 375 g/mol. The van der Waals surface area contributed by atoms with Crippen LogP contribution in [0.2, 0.25) is 6.04 Å². The molecule has 0 saturated carbocycles. The van der Waals surface area contributed by atoms with Crippen LogP contribution in [0.25, 0.3) is 0 Å². The molecule has 0 spiro atoms. The van der Waals surface area contributed by atoms with Gasteiger partial charge in [0, 0.05) is 39.0 Å². The maximum Gasteiger partial charge on any atom is 0.500 e. The number of rotatable bonds is 13. The molecule has 0 aromatic heterocycles. The normalized spacial score (nSPS) is 17.2. The predicted octanol–water partition coefficient (Wildman–Crippen LogP) is 1.34. The van der Waals surface area contributed by atoms with Crippen molar-refractivity contribution >= 4 is 20.7 Å². The zero-order chi connectivity index (χ0) is 18.9. The highest BCUT2D eigenvalue weighted by atomic mass is 28.4. The fourth-order valence-corrected chi connectivity index (χ4v) is 5.38. The number of nitrogens with one attached hydrogen (secondary N) is 2. The average molecular weight is 376 g/mol. The average Bonchev–Trinajstić information content (AvgIpc) is 2.72. The third kappa shape index (κ3) is 6.34. The lowest BCUT2D eigenvalue weighted by molar-refractivity contribution is -0.130. The molecule has 1 aliphatic rings. The van der Waals surface area contributed by atoms with Crippen LogP contribution in [-0.4, -0.2) is 70.6 Å². The van der Waals surface area contributed by atoms with E-state index in [0.717, 1.165) is 19.0 Å². The van der Waals surface area contributed by atoms with Crippen molar-refractivity contribution in [3.8, 4) is 0 Å². The zero-order valence-electron chi connectivity index (χ0n) is 16.1. The fraction of sp³-hybridized carbons (Fsp3) is 0.875. The van der Waals surface area contributed by atoms with Gasteiger partial charge in [-0.1, -0.05) is 0 Å². The molecule has 0 radical (unpaired) electrons. The van der Waals surface area contributed by atoms with Gasteiger partial charge in [0.15, 0.2) is 0 Å². The van der Waals surface area contributed by atoms with Crippen molar-refractivity contribution in [3.05, 3.63) is 0 Å². The van der Waals surface area contributed by atoms with Crippen molar-refractivity contribution in [1.29, 1.82) is 0 Å². The van der Waals surface area contributed by atoms with Crippen LogP contribution >= 0.6 is 0 Å². The summed E-state index contributed by atoms with van der Waals surface area (Å²) in [4.78, 5) is 25.1. The van der Waals surface area contributed by atoms with Gasteiger partial charge in [0.25, 0.3) is 5.91 Å². The van der Waals surface area contributed by atoms with E-state index in [4.69, 9.17) is 13.3 Å². The number of imide groups is 1. The minimum absolute atomic E-state index is 0.185. The van der Waals surface area contributed by atoms with Crippen molar-refractivity contribution in [2.75, 3.05) is 39.5 Å². The first-order chi connectivity index (χ1) is 11.8. The molecule has 9 heteroatoms. The molecule has 2 N–H and O–H groups in total. The molecule has 146 valence electrons. The summed E-state index contributed by atoms with van der Waals surface area (Å²) >= 11 is 0. The van der Waals surface area contributed by atoms with Gasteiger partial charge in [-0.05, 0) is 47.6 Å². The van der Waals surface area contributed by atoms with Crippen LogP contribution in [0, 0.1) is 0 Å². The standard InChI is InChI=1S/C16H33N3O5Si/c1-6-22-25(23-7-2,24-8-3)13-9-10-17-11-12-19-14(20)16(4,5)18-15(19)21/h17H,6-13H2,1-5H3,(H,18,21). The van der Waals surface area contributed by atoms with E-state index >= 15 is 0 Å². The van der Waals surface area contributed by atoms with Gasteiger partial charge in [0.05, 0.1) is 0 Å². The Kier molecular flexibility index (Phi) is 9.01. The Labute approximate surface area is 151 Å². The maximum atomic E-state index is 12.1. The van der Waals surface area contributed by atoms with Gasteiger partial charge >= 0.3 is 14.8 Å². The number of urea groups is 1. The highest BCUT2D eigenvalue weighted by Crippen LogP contribution is 2.18. The lowest BCUT2D eigenvalue weighted by atomic mass is 10.1. The van der Waals surface area contributed by atoms with Crippen molar-refractivity contribution in [1.82, 2.24) is 15.5 Å². The molecule has 1 aliphatic heterocycles. The topological polar surface area (TPSA) is 89.1 Å². The summed E-state index contributed by atoms with van der Waals surface area (Å²) in [5.74, 6) is -0.185. The first-order valence-corrected chi connectivity index (χ1v) is 11.0. The zero-order valence-corrected chi connectivity index (χ0v) is 17.1. The number of hydrogen-bond acceptors (Lipinski definition) is 6. The second-order valence-electron chi connectivity index (χ2n) is 6.35. The Hall–Kier alpha value is -1.00. The van der Waals surface area contributed by atoms with E-state index in [1.165, 1.54) is 4.90 Å². The third-order valence-electron chi connectivity index (χ3n) is 3.89. The van der Waals surface area contributed by atoms with Gasteiger partial charge in [-0.2, -0.15) is 0 Å².